The molecule has 5 heteroatoms. The molecule has 0 saturated carbocycles. The Morgan fingerprint density at radius 2 is 1.68 bits per heavy atom. The number of hydrogen-bond acceptors (Lipinski definition) is 3. The van der Waals surface area contributed by atoms with Crippen molar-refractivity contribution in [3.8, 4) is 0 Å². The van der Waals surface area contributed by atoms with E-state index in [1.165, 1.54) is 0 Å². The Morgan fingerprint density at radius 1 is 1.00 bits per heavy atom. The van der Waals surface area contributed by atoms with Crippen LogP contribution in [0.4, 0.5) is 0 Å². The summed E-state index contributed by atoms with van der Waals surface area (Å²) in [5.41, 5.74) is 1.65. The number of carbonyl (C=O) groups is 2. The lowest BCUT2D eigenvalue weighted by atomic mass is 9.88. The quantitative estimate of drug-likeness (QED) is 0.434. The topological polar surface area (TPSA) is 52.0 Å². The fourth-order valence-electron chi connectivity index (χ4n) is 3.27. The molecule has 0 amide bonds. The van der Waals surface area contributed by atoms with Gasteiger partial charge in [0.25, 0.3) is 0 Å². The number of benzene rings is 2. The maximum atomic E-state index is 13.0. The van der Waals surface area contributed by atoms with Crippen LogP contribution in [0.3, 0.4) is 0 Å². The first-order valence-electron chi connectivity index (χ1n) is 9.36. The zero-order valence-electron chi connectivity index (χ0n) is 16.0. The van der Waals surface area contributed by atoms with Crippen LogP contribution in [0.15, 0.2) is 71.5 Å². The normalized spacial score (nSPS) is 12.1. The molecule has 144 valence electrons. The van der Waals surface area contributed by atoms with Gasteiger partial charge in [0.15, 0.2) is 5.78 Å². The van der Waals surface area contributed by atoms with Crippen molar-refractivity contribution in [2.45, 2.75) is 38.5 Å². The van der Waals surface area contributed by atoms with Crippen molar-refractivity contribution >= 4 is 27.6 Å². The van der Waals surface area contributed by atoms with Gasteiger partial charge in [0.1, 0.15) is 5.82 Å². The lowest BCUT2D eigenvalue weighted by Gasteiger charge is -2.18. The van der Waals surface area contributed by atoms with Crippen molar-refractivity contribution in [2.75, 3.05) is 0 Å². The van der Waals surface area contributed by atoms with Gasteiger partial charge in [-0.3, -0.25) is 14.2 Å². The Morgan fingerprint density at radius 3 is 2.32 bits per heavy atom. The van der Waals surface area contributed by atoms with E-state index in [0.717, 1.165) is 15.9 Å². The molecule has 1 heterocycles. The van der Waals surface area contributed by atoms with Crippen molar-refractivity contribution in [3.63, 3.8) is 0 Å². The third-order valence-electron chi connectivity index (χ3n) is 4.74. The molecule has 0 N–H and O–H groups in total. The van der Waals surface area contributed by atoms with Crippen LogP contribution in [-0.2, 0) is 0 Å². The van der Waals surface area contributed by atoms with Crippen LogP contribution in [0.5, 0.6) is 0 Å². The Hall–Kier alpha value is -2.53. The summed E-state index contributed by atoms with van der Waals surface area (Å²) in [6.45, 7) is 4.02. The number of rotatable bonds is 7. The van der Waals surface area contributed by atoms with Crippen molar-refractivity contribution in [1.82, 2.24) is 9.55 Å². The van der Waals surface area contributed by atoms with Crippen LogP contribution in [0, 0.1) is 0 Å². The second-order valence-corrected chi connectivity index (χ2v) is 8.07. The molecule has 3 rings (SSSR count). The Bertz CT molecular complexity index is 946. The predicted octanol–water partition coefficient (Wildman–Crippen LogP) is 5.86. The average molecular weight is 439 g/mol. The van der Waals surface area contributed by atoms with Gasteiger partial charge < -0.3 is 0 Å². The summed E-state index contributed by atoms with van der Waals surface area (Å²) < 4.78 is 2.58. The van der Waals surface area contributed by atoms with Gasteiger partial charge in [-0.25, -0.2) is 4.98 Å². The van der Waals surface area contributed by atoms with Crippen molar-refractivity contribution < 1.29 is 9.59 Å². The van der Waals surface area contributed by atoms with E-state index in [2.05, 4.69) is 20.9 Å². The number of aromatic nitrogens is 2. The fourth-order valence-corrected chi connectivity index (χ4v) is 3.54. The molecule has 2 aromatic carbocycles. The van der Waals surface area contributed by atoms with Crippen LogP contribution < -0.4 is 0 Å². The summed E-state index contributed by atoms with van der Waals surface area (Å²) in [6.07, 6.45) is 3.88. The molecule has 0 aliphatic rings. The molecule has 28 heavy (non-hydrogen) atoms. The minimum atomic E-state index is -0.198. The lowest BCUT2D eigenvalue weighted by Crippen LogP contribution is -2.19. The SMILES string of the molecule is CC(C)c1nccn1C(=O)C[C@@H](CC(=O)c1ccccc1)c1ccc(Br)cc1. The van der Waals surface area contributed by atoms with E-state index in [4.69, 9.17) is 0 Å². The van der Waals surface area contributed by atoms with Crippen molar-refractivity contribution in [1.29, 1.82) is 0 Å². The Labute approximate surface area is 173 Å². The molecule has 0 unspecified atom stereocenters. The van der Waals surface area contributed by atoms with E-state index in [-0.39, 0.29) is 36.4 Å². The highest BCUT2D eigenvalue weighted by atomic mass is 79.9. The van der Waals surface area contributed by atoms with E-state index in [9.17, 15) is 9.59 Å². The zero-order valence-corrected chi connectivity index (χ0v) is 17.6. The fraction of sp³-hybridized carbons (Fsp3) is 0.261. The smallest absolute Gasteiger partial charge is 0.232 e. The van der Waals surface area contributed by atoms with Crippen LogP contribution in [0.2, 0.25) is 0 Å². The molecule has 0 aliphatic carbocycles. The van der Waals surface area contributed by atoms with E-state index in [1.54, 1.807) is 17.0 Å². The lowest BCUT2D eigenvalue weighted by molar-refractivity contribution is 0.0878. The van der Waals surface area contributed by atoms with E-state index in [0.29, 0.717) is 5.56 Å². The number of halogens is 1. The number of carbonyl (C=O) groups excluding carboxylic acids is 2. The highest BCUT2D eigenvalue weighted by molar-refractivity contribution is 9.10. The van der Waals surface area contributed by atoms with Crippen LogP contribution in [-0.4, -0.2) is 21.2 Å². The van der Waals surface area contributed by atoms with Gasteiger partial charge in [0.2, 0.25) is 5.91 Å². The summed E-state index contributed by atoms with van der Waals surface area (Å²) in [6, 6.07) is 17.0. The molecule has 0 radical (unpaired) electrons. The summed E-state index contributed by atoms with van der Waals surface area (Å²) in [5.74, 6) is 0.687. The first kappa shape index (κ1) is 20.2. The molecule has 4 nitrogen and oxygen atoms in total. The maximum absolute atomic E-state index is 13.0. The molecular weight excluding hydrogens is 416 g/mol. The average Bonchev–Trinajstić information content (AvgIpc) is 3.19. The van der Waals surface area contributed by atoms with Gasteiger partial charge in [-0.2, -0.15) is 0 Å². The summed E-state index contributed by atoms with van der Waals surface area (Å²) in [4.78, 5) is 30.1. The molecule has 3 aromatic rings. The second-order valence-electron chi connectivity index (χ2n) is 7.15. The Kier molecular flexibility index (Phi) is 6.57. The Balaban J connectivity index is 1.85. The van der Waals surface area contributed by atoms with E-state index in [1.807, 2.05) is 68.4 Å². The zero-order chi connectivity index (χ0) is 20.1. The molecule has 0 fully saturated rings. The third kappa shape index (κ3) is 4.84. The van der Waals surface area contributed by atoms with Crippen molar-refractivity contribution in [3.05, 3.63) is 88.4 Å². The van der Waals surface area contributed by atoms with Gasteiger partial charge in [-0.1, -0.05) is 72.2 Å². The van der Waals surface area contributed by atoms with Gasteiger partial charge in [-0.05, 0) is 23.6 Å². The molecular formula is C23H23BrN2O2. The number of imidazole rings is 1. The van der Waals surface area contributed by atoms with Gasteiger partial charge in [-0.15, -0.1) is 0 Å². The first-order valence-corrected chi connectivity index (χ1v) is 10.1. The number of nitrogens with zero attached hydrogens (tertiary/aromatic N) is 2. The van der Waals surface area contributed by atoms with Gasteiger partial charge >= 0.3 is 0 Å². The van der Waals surface area contributed by atoms with Crippen LogP contribution in [0.25, 0.3) is 0 Å². The predicted molar refractivity (Wildman–Crippen MR) is 114 cm³/mol. The summed E-state index contributed by atoms with van der Waals surface area (Å²) >= 11 is 3.44. The van der Waals surface area contributed by atoms with Crippen molar-refractivity contribution in [2.24, 2.45) is 0 Å². The monoisotopic (exact) mass is 438 g/mol. The van der Waals surface area contributed by atoms with Crippen LogP contribution in [0.1, 0.15) is 65.1 Å². The number of ketones is 1. The standard InChI is InChI=1S/C23H23BrN2O2/c1-16(2)23-25-12-13-26(23)22(28)15-19(17-8-10-20(24)11-9-17)14-21(27)18-6-4-3-5-7-18/h3-13,16,19H,14-15H2,1-2H3/t19-/m1/s1. The number of hydrogen-bond donors (Lipinski definition) is 0. The first-order chi connectivity index (χ1) is 13.5. The molecule has 1 aromatic heterocycles. The molecule has 0 bridgehead atoms. The molecule has 1 atom stereocenters. The molecule has 0 aliphatic heterocycles. The molecule has 0 spiro atoms. The molecule has 0 saturated heterocycles. The third-order valence-corrected chi connectivity index (χ3v) is 5.27. The highest BCUT2D eigenvalue weighted by Crippen LogP contribution is 2.28. The summed E-state index contributed by atoms with van der Waals surface area (Å²) in [7, 11) is 0. The van der Waals surface area contributed by atoms with Gasteiger partial charge in [0, 0.05) is 41.2 Å². The highest BCUT2D eigenvalue weighted by Gasteiger charge is 2.23. The van der Waals surface area contributed by atoms with E-state index < -0.39 is 0 Å². The minimum absolute atomic E-state index is 0.0380. The summed E-state index contributed by atoms with van der Waals surface area (Å²) in [5, 5.41) is 0. The maximum Gasteiger partial charge on any atom is 0.232 e. The second kappa shape index (κ2) is 9.11. The van der Waals surface area contributed by atoms with Gasteiger partial charge in [0.05, 0.1) is 0 Å². The van der Waals surface area contributed by atoms with E-state index >= 15 is 0 Å². The largest absolute Gasteiger partial charge is 0.294 e. The van der Waals surface area contributed by atoms with Crippen LogP contribution >= 0.6 is 15.9 Å². The number of Topliss-reactive ketones (excluding diaryl/α,β-unsaturated/α-hetero) is 1. The minimum Gasteiger partial charge on any atom is -0.294 e.